The molecule has 1 aromatic rings. The zero-order valence-electron chi connectivity index (χ0n) is 9.79. The number of aryl methyl sites for hydroxylation is 1. The highest BCUT2D eigenvalue weighted by Gasteiger charge is 2.15. The Bertz CT molecular complexity index is 353. The van der Waals surface area contributed by atoms with E-state index in [0.717, 1.165) is 36.7 Å². The molecule has 1 fully saturated rings. The van der Waals surface area contributed by atoms with Gasteiger partial charge in [-0.15, -0.1) is 11.3 Å². The first-order valence-corrected chi connectivity index (χ1v) is 6.87. The Labute approximate surface area is 101 Å². The van der Waals surface area contributed by atoms with Crippen LogP contribution < -0.4 is 5.32 Å². The van der Waals surface area contributed by atoms with Crippen LogP contribution in [0.5, 0.6) is 0 Å². The quantitative estimate of drug-likeness (QED) is 0.816. The lowest BCUT2D eigenvalue weighted by molar-refractivity contribution is 0.0974. The maximum absolute atomic E-state index is 11.9. The van der Waals surface area contributed by atoms with Gasteiger partial charge in [0.15, 0.2) is 5.78 Å². The lowest BCUT2D eigenvalue weighted by Gasteiger charge is -2.21. The lowest BCUT2D eigenvalue weighted by Crippen LogP contribution is -2.27. The predicted molar refractivity (Wildman–Crippen MR) is 68.2 cm³/mol. The van der Waals surface area contributed by atoms with E-state index in [2.05, 4.69) is 5.32 Å². The van der Waals surface area contributed by atoms with Gasteiger partial charge in [0, 0.05) is 11.3 Å². The van der Waals surface area contributed by atoms with Gasteiger partial charge in [-0.2, -0.15) is 0 Å². The normalized spacial score (nSPS) is 17.6. The average molecular weight is 237 g/mol. The van der Waals surface area contributed by atoms with Crippen LogP contribution in [0.4, 0.5) is 0 Å². The van der Waals surface area contributed by atoms with Crippen LogP contribution in [0.3, 0.4) is 0 Å². The van der Waals surface area contributed by atoms with Crippen LogP contribution in [0.15, 0.2) is 12.1 Å². The monoisotopic (exact) mass is 237 g/mol. The molecule has 0 radical (unpaired) electrons. The zero-order valence-corrected chi connectivity index (χ0v) is 10.6. The van der Waals surface area contributed by atoms with E-state index in [0.29, 0.717) is 5.78 Å². The van der Waals surface area contributed by atoms with E-state index in [1.165, 1.54) is 17.7 Å². The molecule has 2 rings (SSSR count). The summed E-state index contributed by atoms with van der Waals surface area (Å²) in [5, 5.41) is 3.35. The Kier molecular flexibility index (Phi) is 4.13. The third kappa shape index (κ3) is 3.16. The largest absolute Gasteiger partial charge is 0.317 e. The van der Waals surface area contributed by atoms with Crippen molar-refractivity contribution in [1.29, 1.82) is 0 Å². The molecule has 1 N–H and O–H groups in total. The van der Waals surface area contributed by atoms with Crippen LogP contribution >= 0.6 is 11.3 Å². The molecule has 0 spiro atoms. The number of nitrogens with one attached hydrogen (secondary N) is 1. The van der Waals surface area contributed by atoms with Crippen LogP contribution in [0.2, 0.25) is 0 Å². The van der Waals surface area contributed by atoms with E-state index >= 15 is 0 Å². The number of carbonyl (C=O) groups excluding carboxylic acids is 1. The minimum atomic E-state index is 0.330. The number of rotatable bonds is 4. The van der Waals surface area contributed by atoms with Gasteiger partial charge in [0.1, 0.15) is 0 Å². The van der Waals surface area contributed by atoms with Crippen molar-refractivity contribution >= 4 is 17.1 Å². The summed E-state index contributed by atoms with van der Waals surface area (Å²) in [4.78, 5) is 14.1. The first-order chi connectivity index (χ1) is 7.75. The van der Waals surface area contributed by atoms with Crippen molar-refractivity contribution in [2.75, 3.05) is 13.1 Å². The van der Waals surface area contributed by atoms with Crippen LogP contribution in [0, 0.1) is 12.8 Å². The lowest BCUT2D eigenvalue weighted by atomic mass is 9.92. The predicted octanol–water partition coefficient (Wildman–Crippen LogP) is 3.02. The molecule has 1 aliphatic heterocycles. The molecule has 0 unspecified atom stereocenters. The number of ketones is 1. The SMILES string of the molecule is Cc1ccc(C(=O)CCC2CCNCC2)s1. The summed E-state index contributed by atoms with van der Waals surface area (Å²) in [7, 11) is 0. The molecule has 0 bridgehead atoms. The Morgan fingerprint density at radius 3 is 2.81 bits per heavy atom. The molecule has 16 heavy (non-hydrogen) atoms. The smallest absolute Gasteiger partial charge is 0.172 e. The number of Topliss-reactive ketones (excluding diaryl/α,β-unsaturated/α-hetero) is 1. The van der Waals surface area contributed by atoms with Gasteiger partial charge in [0.25, 0.3) is 0 Å². The van der Waals surface area contributed by atoms with Crippen molar-refractivity contribution in [2.45, 2.75) is 32.6 Å². The van der Waals surface area contributed by atoms with Crippen molar-refractivity contribution in [3.63, 3.8) is 0 Å². The van der Waals surface area contributed by atoms with E-state index in [1.807, 2.05) is 19.1 Å². The van der Waals surface area contributed by atoms with E-state index in [4.69, 9.17) is 0 Å². The molecule has 88 valence electrons. The second-order valence-electron chi connectivity index (χ2n) is 4.57. The van der Waals surface area contributed by atoms with E-state index in [1.54, 1.807) is 11.3 Å². The van der Waals surface area contributed by atoms with Gasteiger partial charge in [-0.3, -0.25) is 4.79 Å². The van der Waals surface area contributed by atoms with Crippen molar-refractivity contribution in [3.05, 3.63) is 21.9 Å². The Morgan fingerprint density at radius 2 is 2.19 bits per heavy atom. The summed E-state index contributed by atoms with van der Waals surface area (Å²) in [6.45, 7) is 4.29. The molecule has 0 atom stereocenters. The highest BCUT2D eigenvalue weighted by Crippen LogP contribution is 2.22. The molecule has 0 aromatic carbocycles. The van der Waals surface area contributed by atoms with Crippen LogP contribution in [0.1, 0.15) is 40.2 Å². The molecule has 2 nitrogen and oxygen atoms in total. The number of hydrogen-bond acceptors (Lipinski definition) is 3. The summed E-state index contributed by atoms with van der Waals surface area (Å²) < 4.78 is 0. The second kappa shape index (κ2) is 5.60. The molecule has 0 aliphatic carbocycles. The topological polar surface area (TPSA) is 29.1 Å². The molecule has 2 heterocycles. The summed E-state index contributed by atoms with van der Waals surface area (Å²) in [5.41, 5.74) is 0. The third-order valence-corrected chi connectivity index (χ3v) is 4.30. The van der Waals surface area contributed by atoms with Crippen LogP contribution in [-0.4, -0.2) is 18.9 Å². The third-order valence-electron chi connectivity index (χ3n) is 3.25. The molecular formula is C13H19NOS. The fourth-order valence-corrected chi connectivity index (χ4v) is 3.05. The van der Waals surface area contributed by atoms with E-state index in [-0.39, 0.29) is 0 Å². The van der Waals surface area contributed by atoms with Gasteiger partial charge in [0.05, 0.1) is 4.88 Å². The zero-order chi connectivity index (χ0) is 11.4. The van der Waals surface area contributed by atoms with Crippen molar-refractivity contribution < 1.29 is 4.79 Å². The summed E-state index contributed by atoms with van der Waals surface area (Å²) in [6.07, 6.45) is 4.26. The first kappa shape index (κ1) is 11.8. The van der Waals surface area contributed by atoms with Crippen LogP contribution in [0.25, 0.3) is 0 Å². The Morgan fingerprint density at radius 1 is 1.44 bits per heavy atom. The molecule has 1 aromatic heterocycles. The molecule has 1 saturated heterocycles. The van der Waals surface area contributed by atoms with Crippen molar-refractivity contribution in [1.82, 2.24) is 5.32 Å². The standard InChI is InChI=1S/C13H19NOS/c1-10-2-5-13(16-10)12(15)4-3-11-6-8-14-9-7-11/h2,5,11,14H,3-4,6-9H2,1H3. The summed E-state index contributed by atoms with van der Waals surface area (Å²) >= 11 is 1.62. The summed E-state index contributed by atoms with van der Waals surface area (Å²) in [5.74, 6) is 1.09. The number of thiophene rings is 1. The second-order valence-corrected chi connectivity index (χ2v) is 5.85. The molecule has 1 aliphatic rings. The highest BCUT2D eigenvalue weighted by atomic mass is 32.1. The van der Waals surface area contributed by atoms with E-state index < -0.39 is 0 Å². The van der Waals surface area contributed by atoms with Crippen molar-refractivity contribution in [3.8, 4) is 0 Å². The first-order valence-electron chi connectivity index (χ1n) is 6.06. The highest BCUT2D eigenvalue weighted by molar-refractivity contribution is 7.14. The fourth-order valence-electron chi connectivity index (χ4n) is 2.21. The minimum absolute atomic E-state index is 0.330. The van der Waals surface area contributed by atoms with Gasteiger partial charge in [-0.25, -0.2) is 0 Å². The maximum atomic E-state index is 11.9. The van der Waals surface area contributed by atoms with Gasteiger partial charge in [-0.05, 0) is 57.3 Å². The van der Waals surface area contributed by atoms with Crippen molar-refractivity contribution in [2.24, 2.45) is 5.92 Å². The van der Waals surface area contributed by atoms with Crippen LogP contribution in [-0.2, 0) is 0 Å². The maximum Gasteiger partial charge on any atom is 0.172 e. The average Bonchev–Trinajstić information content (AvgIpc) is 2.74. The van der Waals surface area contributed by atoms with Gasteiger partial charge in [-0.1, -0.05) is 0 Å². The number of hydrogen-bond donors (Lipinski definition) is 1. The van der Waals surface area contributed by atoms with E-state index in [9.17, 15) is 4.79 Å². The van der Waals surface area contributed by atoms with Gasteiger partial charge >= 0.3 is 0 Å². The number of piperidine rings is 1. The molecule has 3 heteroatoms. The van der Waals surface area contributed by atoms with Gasteiger partial charge < -0.3 is 5.32 Å². The Hall–Kier alpha value is -0.670. The Balaban J connectivity index is 1.79. The minimum Gasteiger partial charge on any atom is -0.317 e. The van der Waals surface area contributed by atoms with Gasteiger partial charge in [0.2, 0.25) is 0 Å². The fraction of sp³-hybridized carbons (Fsp3) is 0.615. The molecular weight excluding hydrogens is 218 g/mol. The number of carbonyl (C=O) groups is 1. The summed E-state index contributed by atoms with van der Waals surface area (Å²) in [6, 6.07) is 3.99. The molecule has 0 saturated carbocycles. The molecule has 0 amide bonds.